The Morgan fingerprint density at radius 2 is 2.43 bits per heavy atom. The maximum atomic E-state index is 11.2. The molecule has 0 aliphatic carbocycles. The number of hydrogen-bond donors (Lipinski definition) is 2. The van der Waals surface area contributed by atoms with Crippen LogP contribution in [0.15, 0.2) is 0 Å². The van der Waals surface area contributed by atoms with Crippen LogP contribution in [0.5, 0.6) is 0 Å². The SMILES string of the molecule is COC(=O)[C@@H]1O[C@@H]2O[C@H]1CN[C@H]2CO. The average Bonchev–Trinajstić information content (AvgIpc) is 2.56. The zero-order valence-corrected chi connectivity index (χ0v) is 7.80. The third-order valence-electron chi connectivity index (χ3n) is 2.47. The van der Waals surface area contributed by atoms with Gasteiger partial charge in [-0.05, 0) is 0 Å². The molecule has 2 bridgehead atoms. The lowest BCUT2D eigenvalue weighted by molar-refractivity contribution is -0.155. The van der Waals surface area contributed by atoms with Crippen LogP contribution in [-0.4, -0.2) is 55.9 Å². The highest BCUT2D eigenvalue weighted by Crippen LogP contribution is 2.25. The van der Waals surface area contributed by atoms with Crippen molar-refractivity contribution >= 4 is 5.97 Å². The molecule has 4 atom stereocenters. The fourth-order valence-corrected chi connectivity index (χ4v) is 1.69. The van der Waals surface area contributed by atoms with Gasteiger partial charge in [0.15, 0.2) is 12.4 Å². The number of hydrogen-bond acceptors (Lipinski definition) is 6. The summed E-state index contributed by atoms with van der Waals surface area (Å²) in [7, 11) is 1.31. The molecule has 6 nitrogen and oxygen atoms in total. The van der Waals surface area contributed by atoms with E-state index < -0.39 is 18.4 Å². The van der Waals surface area contributed by atoms with Gasteiger partial charge in [-0.25, -0.2) is 4.79 Å². The predicted octanol–water partition coefficient (Wildman–Crippen LogP) is -1.77. The zero-order chi connectivity index (χ0) is 10.1. The second-order valence-electron chi connectivity index (χ2n) is 3.32. The molecule has 0 amide bonds. The molecule has 0 aromatic heterocycles. The molecular weight excluding hydrogens is 190 g/mol. The number of nitrogens with one attached hydrogen (secondary N) is 1. The van der Waals surface area contributed by atoms with Crippen LogP contribution >= 0.6 is 0 Å². The number of fused-ring (bicyclic) bond motifs is 2. The largest absolute Gasteiger partial charge is 0.467 e. The van der Waals surface area contributed by atoms with Crippen LogP contribution < -0.4 is 5.32 Å². The number of carbonyl (C=O) groups is 1. The molecule has 0 aromatic carbocycles. The molecule has 2 saturated heterocycles. The van der Waals surface area contributed by atoms with E-state index in [4.69, 9.17) is 14.6 Å². The first-order valence-electron chi connectivity index (χ1n) is 4.49. The van der Waals surface area contributed by atoms with Crippen molar-refractivity contribution in [3.8, 4) is 0 Å². The van der Waals surface area contributed by atoms with Gasteiger partial charge in [0.2, 0.25) is 0 Å². The summed E-state index contributed by atoms with van der Waals surface area (Å²) in [5.41, 5.74) is 0. The Bertz CT molecular complexity index is 234. The fourth-order valence-electron chi connectivity index (χ4n) is 1.69. The lowest BCUT2D eigenvalue weighted by atomic mass is 10.2. The van der Waals surface area contributed by atoms with E-state index in [1.807, 2.05) is 0 Å². The minimum atomic E-state index is -0.672. The van der Waals surface area contributed by atoms with Crippen molar-refractivity contribution in [1.82, 2.24) is 5.32 Å². The predicted molar refractivity (Wildman–Crippen MR) is 44.4 cm³/mol. The van der Waals surface area contributed by atoms with Crippen LogP contribution in [0.2, 0.25) is 0 Å². The summed E-state index contributed by atoms with van der Waals surface area (Å²) in [5.74, 6) is -0.433. The summed E-state index contributed by atoms with van der Waals surface area (Å²) in [6.45, 7) is 0.409. The number of aliphatic hydroxyl groups excluding tert-OH is 1. The van der Waals surface area contributed by atoms with Gasteiger partial charge in [-0.2, -0.15) is 0 Å². The first-order chi connectivity index (χ1) is 6.76. The van der Waals surface area contributed by atoms with E-state index in [-0.39, 0.29) is 18.8 Å². The number of aliphatic hydroxyl groups is 1. The summed E-state index contributed by atoms with van der Waals surface area (Å²) < 4.78 is 15.3. The molecule has 2 rings (SSSR count). The number of rotatable bonds is 2. The molecule has 2 fully saturated rings. The number of esters is 1. The summed E-state index contributed by atoms with van der Waals surface area (Å²) in [6, 6.07) is -0.263. The monoisotopic (exact) mass is 203 g/mol. The molecule has 6 heteroatoms. The van der Waals surface area contributed by atoms with E-state index in [2.05, 4.69) is 10.1 Å². The molecule has 2 heterocycles. The lowest BCUT2D eigenvalue weighted by Gasteiger charge is -2.26. The highest BCUT2D eigenvalue weighted by Gasteiger charge is 2.47. The highest BCUT2D eigenvalue weighted by molar-refractivity contribution is 5.75. The highest BCUT2D eigenvalue weighted by atomic mass is 16.7. The first-order valence-corrected chi connectivity index (χ1v) is 4.49. The standard InChI is InChI=1S/C8H13NO5/c1-12-7(11)6-5-2-9-4(3-10)8(13-5)14-6/h4-6,8-10H,2-3H2,1H3/t4-,5-,6+,8-/m0/s1. The molecule has 0 aromatic rings. The van der Waals surface area contributed by atoms with Crippen LogP contribution in [0.1, 0.15) is 0 Å². The third-order valence-corrected chi connectivity index (χ3v) is 2.47. The molecule has 14 heavy (non-hydrogen) atoms. The van der Waals surface area contributed by atoms with E-state index in [1.165, 1.54) is 7.11 Å². The van der Waals surface area contributed by atoms with Gasteiger partial charge in [0, 0.05) is 6.54 Å². The van der Waals surface area contributed by atoms with Gasteiger partial charge < -0.3 is 24.6 Å². The summed E-state index contributed by atoms with van der Waals surface area (Å²) in [4.78, 5) is 11.2. The molecule has 2 aliphatic rings. The Balaban J connectivity index is 2.03. The Morgan fingerprint density at radius 3 is 3.07 bits per heavy atom. The van der Waals surface area contributed by atoms with E-state index in [0.717, 1.165) is 0 Å². The molecular formula is C8H13NO5. The average molecular weight is 203 g/mol. The van der Waals surface area contributed by atoms with Gasteiger partial charge in [0.1, 0.15) is 6.10 Å². The number of morpholine rings is 1. The van der Waals surface area contributed by atoms with Crippen molar-refractivity contribution in [2.24, 2.45) is 0 Å². The van der Waals surface area contributed by atoms with Gasteiger partial charge in [0.25, 0.3) is 0 Å². The van der Waals surface area contributed by atoms with Crippen LogP contribution in [0.25, 0.3) is 0 Å². The van der Waals surface area contributed by atoms with Gasteiger partial charge in [-0.1, -0.05) is 0 Å². The van der Waals surface area contributed by atoms with Gasteiger partial charge >= 0.3 is 5.97 Å². The van der Waals surface area contributed by atoms with Crippen LogP contribution in [0, 0.1) is 0 Å². The van der Waals surface area contributed by atoms with Crippen LogP contribution in [-0.2, 0) is 19.0 Å². The maximum Gasteiger partial charge on any atom is 0.337 e. The third kappa shape index (κ3) is 1.50. The van der Waals surface area contributed by atoms with Crippen molar-refractivity contribution in [2.75, 3.05) is 20.3 Å². The van der Waals surface area contributed by atoms with Crippen LogP contribution in [0.4, 0.5) is 0 Å². The summed E-state index contributed by atoms with van der Waals surface area (Å²) in [5, 5.41) is 12.0. The van der Waals surface area contributed by atoms with Gasteiger partial charge in [-0.15, -0.1) is 0 Å². The van der Waals surface area contributed by atoms with E-state index >= 15 is 0 Å². The number of ether oxygens (including phenoxy) is 3. The van der Waals surface area contributed by atoms with Gasteiger partial charge in [-0.3, -0.25) is 0 Å². The molecule has 0 radical (unpaired) electrons. The minimum absolute atomic E-state index is 0.0781. The molecule has 2 N–H and O–H groups in total. The summed E-state index contributed by atoms with van der Waals surface area (Å²) >= 11 is 0. The zero-order valence-electron chi connectivity index (χ0n) is 7.80. The quantitative estimate of drug-likeness (QED) is 0.517. The normalized spacial score (nSPS) is 41.0. The molecule has 80 valence electrons. The van der Waals surface area contributed by atoms with Crippen molar-refractivity contribution in [1.29, 1.82) is 0 Å². The second kappa shape index (κ2) is 3.82. The fraction of sp³-hybridized carbons (Fsp3) is 0.875. The summed E-state index contributed by atoms with van der Waals surface area (Å²) in [6.07, 6.45) is -1.54. The Morgan fingerprint density at radius 1 is 1.64 bits per heavy atom. The van der Waals surface area contributed by atoms with Crippen molar-refractivity contribution < 1.29 is 24.1 Å². The second-order valence-corrected chi connectivity index (χ2v) is 3.32. The molecule has 0 spiro atoms. The van der Waals surface area contributed by atoms with E-state index in [1.54, 1.807) is 0 Å². The number of methoxy groups -OCH3 is 1. The molecule has 2 aliphatic heterocycles. The Kier molecular flexibility index (Phi) is 2.69. The minimum Gasteiger partial charge on any atom is -0.467 e. The smallest absolute Gasteiger partial charge is 0.337 e. The van der Waals surface area contributed by atoms with Crippen LogP contribution in [0.3, 0.4) is 0 Å². The molecule has 0 saturated carbocycles. The maximum absolute atomic E-state index is 11.2. The van der Waals surface area contributed by atoms with Crippen molar-refractivity contribution in [3.05, 3.63) is 0 Å². The number of carbonyl (C=O) groups excluding carboxylic acids is 1. The Labute approximate surface area is 81.1 Å². The Hall–Kier alpha value is -0.690. The molecule has 0 unspecified atom stereocenters. The van der Waals surface area contributed by atoms with Crippen molar-refractivity contribution in [2.45, 2.75) is 24.5 Å². The lowest BCUT2D eigenvalue weighted by Crippen LogP contribution is -2.50. The van der Waals surface area contributed by atoms with Gasteiger partial charge in [0.05, 0.1) is 19.8 Å². The van der Waals surface area contributed by atoms with Crippen molar-refractivity contribution in [3.63, 3.8) is 0 Å². The van der Waals surface area contributed by atoms with E-state index in [9.17, 15) is 4.79 Å². The topological polar surface area (TPSA) is 77.0 Å². The van der Waals surface area contributed by atoms with E-state index in [0.29, 0.717) is 6.54 Å². The first kappa shape index (κ1) is 9.85.